The maximum Gasteiger partial charge on any atom is 0.155 e. The molecular formula is C23H18N8. The van der Waals surface area contributed by atoms with Gasteiger partial charge in [0.25, 0.3) is 0 Å². The fourth-order valence-electron chi connectivity index (χ4n) is 3.43. The van der Waals surface area contributed by atoms with Gasteiger partial charge in [-0.05, 0) is 42.8 Å². The molecule has 1 aromatic carbocycles. The molecule has 0 spiro atoms. The van der Waals surface area contributed by atoms with Gasteiger partial charge in [-0.2, -0.15) is 10.4 Å². The molecule has 0 amide bonds. The van der Waals surface area contributed by atoms with Gasteiger partial charge < -0.3 is 5.32 Å². The van der Waals surface area contributed by atoms with Crippen molar-refractivity contribution in [3.8, 4) is 23.1 Å². The van der Waals surface area contributed by atoms with Crippen molar-refractivity contribution in [1.82, 2.24) is 29.4 Å². The molecule has 0 aliphatic rings. The van der Waals surface area contributed by atoms with Crippen LogP contribution in [0.1, 0.15) is 16.8 Å². The van der Waals surface area contributed by atoms with Crippen molar-refractivity contribution in [3.05, 3.63) is 90.0 Å². The number of rotatable bonds is 5. The summed E-state index contributed by atoms with van der Waals surface area (Å²) >= 11 is 0. The Morgan fingerprint density at radius 1 is 1.06 bits per heavy atom. The lowest BCUT2D eigenvalue weighted by atomic mass is 10.1. The molecule has 8 nitrogen and oxygen atoms in total. The minimum Gasteiger partial charge on any atom is -0.364 e. The first-order valence-electron chi connectivity index (χ1n) is 9.77. The molecule has 0 unspecified atom stereocenters. The molecule has 0 aliphatic carbocycles. The number of nitrogens with zero attached hydrogens (tertiary/aromatic N) is 7. The van der Waals surface area contributed by atoms with Crippen LogP contribution in [-0.4, -0.2) is 29.4 Å². The van der Waals surface area contributed by atoms with Crippen molar-refractivity contribution >= 4 is 11.5 Å². The highest BCUT2D eigenvalue weighted by molar-refractivity contribution is 5.66. The SMILES string of the molecule is Cc1cccc(-n2nc(NCc3ccccc3C#N)cc2-c2ccc3ncnn3c2)n1. The van der Waals surface area contributed by atoms with E-state index in [0.29, 0.717) is 17.9 Å². The zero-order valence-electron chi connectivity index (χ0n) is 16.8. The maximum atomic E-state index is 9.34. The Labute approximate surface area is 178 Å². The topological polar surface area (TPSA) is 96.7 Å². The number of anilines is 1. The van der Waals surface area contributed by atoms with E-state index in [-0.39, 0.29) is 0 Å². The smallest absolute Gasteiger partial charge is 0.155 e. The van der Waals surface area contributed by atoms with Crippen LogP contribution in [0, 0.1) is 18.3 Å². The van der Waals surface area contributed by atoms with Gasteiger partial charge in [0.15, 0.2) is 11.5 Å². The van der Waals surface area contributed by atoms with Gasteiger partial charge in [0.2, 0.25) is 0 Å². The number of aromatic nitrogens is 6. The minimum atomic E-state index is 0.490. The van der Waals surface area contributed by atoms with Crippen LogP contribution >= 0.6 is 0 Å². The van der Waals surface area contributed by atoms with Crippen molar-refractivity contribution in [1.29, 1.82) is 5.26 Å². The molecule has 4 heterocycles. The van der Waals surface area contributed by atoms with Gasteiger partial charge in [-0.25, -0.2) is 19.2 Å². The summed E-state index contributed by atoms with van der Waals surface area (Å²) < 4.78 is 3.54. The first-order chi connectivity index (χ1) is 15.2. The molecule has 31 heavy (non-hydrogen) atoms. The van der Waals surface area contributed by atoms with E-state index in [2.05, 4.69) is 26.5 Å². The maximum absolute atomic E-state index is 9.34. The number of benzene rings is 1. The van der Waals surface area contributed by atoms with Crippen LogP contribution in [0.25, 0.3) is 22.7 Å². The van der Waals surface area contributed by atoms with Gasteiger partial charge in [0.1, 0.15) is 12.1 Å². The quantitative estimate of drug-likeness (QED) is 0.477. The number of nitriles is 1. The first kappa shape index (κ1) is 18.5. The van der Waals surface area contributed by atoms with Crippen molar-refractivity contribution in [3.63, 3.8) is 0 Å². The summed E-state index contributed by atoms with van der Waals surface area (Å²) in [4.78, 5) is 8.84. The number of aryl methyl sites for hydroxylation is 1. The number of hydrogen-bond acceptors (Lipinski definition) is 6. The summed E-state index contributed by atoms with van der Waals surface area (Å²) in [7, 11) is 0. The second kappa shape index (κ2) is 7.72. The van der Waals surface area contributed by atoms with Crippen molar-refractivity contribution in [2.75, 3.05) is 5.32 Å². The molecule has 5 rings (SSSR count). The van der Waals surface area contributed by atoms with E-state index >= 15 is 0 Å². The first-order valence-corrected chi connectivity index (χ1v) is 9.77. The normalized spacial score (nSPS) is 10.8. The predicted molar refractivity (Wildman–Crippen MR) is 117 cm³/mol. The summed E-state index contributed by atoms with van der Waals surface area (Å²) in [5.74, 6) is 1.41. The van der Waals surface area contributed by atoms with Crippen LogP contribution in [0.3, 0.4) is 0 Å². The second-order valence-electron chi connectivity index (χ2n) is 7.07. The summed E-state index contributed by atoms with van der Waals surface area (Å²) in [6, 6.07) is 21.5. The van der Waals surface area contributed by atoms with Crippen molar-refractivity contribution < 1.29 is 0 Å². The molecule has 0 atom stereocenters. The van der Waals surface area contributed by atoms with Crippen LogP contribution in [0.4, 0.5) is 5.82 Å². The zero-order valence-corrected chi connectivity index (χ0v) is 16.8. The molecule has 8 heteroatoms. The summed E-state index contributed by atoms with van der Waals surface area (Å²) in [5, 5.41) is 21.7. The number of nitrogens with one attached hydrogen (secondary N) is 1. The average Bonchev–Trinajstić information content (AvgIpc) is 3.44. The largest absolute Gasteiger partial charge is 0.364 e. The molecule has 5 aromatic rings. The van der Waals surface area contributed by atoms with Crippen LogP contribution in [0.2, 0.25) is 0 Å². The Kier molecular flexibility index (Phi) is 4.61. The van der Waals surface area contributed by atoms with Crippen molar-refractivity contribution in [2.24, 2.45) is 0 Å². The van der Waals surface area contributed by atoms with Gasteiger partial charge in [-0.3, -0.25) is 0 Å². The molecule has 0 fully saturated rings. The second-order valence-corrected chi connectivity index (χ2v) is 7.07. The predicted octanol–water partition coefficient (Wildman–Crippen LogP) is 3.77. The van der Waals surface area contributed by atoms with Crippen LogP contribution in [0.5, 0.6) is 0 Å². The third-order valence-electron chi connectivity index (χ3n) is 4.97. The lowest BCUT2D eigenvalue weighted by Crippen LogP contribution is -2.05. The monoisotopic (exact) mass is 406 g/mol. The fourth-order valence-corrected chi connectivity index (χ4v) is 3.43. The van der Waals surface area contributed by atoms with Crippen molar-refractivity contribution in [2.45, 2.75) is 13.5 Å². The van der Waals surface area contributed by atoms with Gasteiger partial charge in [-0.15, -0.1) is 5.10 Å². The molecule has 0 aliphatic heterocycles. The van der Waals surface area contributed by atoms with Gasteiger partial charge >= 0.3 is 0 Å². The van der Waals surface area contributed by atoms with Crippen LogP contribution < -0.4 is 5.32 Å². The third-order valence-corrected chi connectivity index (χ3v) is 4.97. The lowest BCUT2D eigenvalue weighted by Gasteiger charge is -2.07. The summed E-state index contributed by atoms with van der Waals surface area (Å²) in [5.41, 5.74) is 5.04. The Balaban J connectivity index is 1.55. The highest BCUT2D eigenvalue weighted by Crippen LogP contribution is 2.26. The molecule has 150 valence electrons. The number of fused-ring (bicyclic) bond motifs is 1. The zero-order chi connectivity index (χ0) is 21.2. The molecule has 0 saturated carbocycles. The van der Waals surface area contributed by atoms with E-state index in [0.717, 1.165) is 34.0 Å². The van der Waals surface area contributed by atoms with E-state index in [1.807, 2.05) is 78.5 Å². The Morgan fingerprint density at radius 2 is 1.97 bits per heavy atom. The number of pyridine rings is 2. The molecular weight excluding hydrogens is 388 g/mol. The highest BCUT2D eigenvalue weighted by Gasteiger charge is 2.14. The lowest BCUT2D eigenvalue weighted by molar-refractivity contribution is 0.844. The Morgan fingerprint density at radius 3 is 2.84 bits per heavy atom. The van der Waals surface area contributed by atoms with E-state index < -0.39 is 0 Å². The molecule has 0 saturated heterocycles. The molecule has 0 radical (unpaired) electrons. The molecule has 4 aromatic heterocycles. The Bertz CT molecular complexity index is 1420. The minimum absolute atomic E-state index is 0.490. The summed E-state index contributed by atoms with van der Waals surface area (Å²) in [6.07, 6.45) is 3.44. The van der Waals surface area contributed by atoms with Crippen LogP contribution in [0.15, 0.2) is 73.2 Å². The number of hydrogen-bond donors (Lipinski definition) is 1. The fraction of sp³-hybridized carbons (Fsp3) is 0.0870. The Hall–Kier alpha value is -4.51. The average molecular weight is 406 g/mol. The highest BCUT2D eigenvalue weighted by atomic mass is 15.3. The van der Waals surface area contributed by atoms with Gasteiger partial charge in [-0.1, -0.05) is 24.3 Å². The van der Waals surface area contributed by atoms with E-state index in [1.165, 1.54) is 6.33 Å². The standard InChI is InChI=1S/C23H18N8/c1-16-5-4-8-23(28-16)31-20(19-9-10-22-26-15-27-30(22)14-19)11-21(29-31)25-13-18-7-3-2-6-17(18)12-24/h2-11,14-15H,13H2,1H3,(H,25,29). The molecule has 0 bridgehead atoms. The molecule has 1 N–H and O–H groups in total. The van der Waals surface area contributed by atoms with E-state index in [4.69, 9.17) is 5.10 Å². The van der Waals surface area contributed by atoms with Gasteiger partial charge in [0.05, 0.1) is 17.3 Å². The third kappa shape index (κ3) is 3.60. The van der Waals surface area contributed by atoms with E-state index in [1.54, 1.807) is 4.52 Å². The summed E-state index contributed by atoms with van der Waals surface area (Å²) in [6.45, 7) is 2.44. The van der Waals surface area contributed by atoms with E-state index in [9.17, 15) is 5.26 Å². The van der Waals surface area contributed by atoms with Crippen LogP contribution in [-0.2, 0) is 6.54 Å². The van der Waals surface area contributed by atoms with Gasteiger partial charge in [0, 0.05) is 30.1 Å².